The molecule has 0 saturated heterocycles. The number of nitrogens with one attached hydrogen (secondary N) is 1. The SMILES string of the molecule is COc1c(Br)cc(-c2c(C(=O)O)c(N)[nH]c(=O)c2C(=O)O)c(O)c1OC. The second kappa shape index (κ2) is 6.96. The molecule has 0 aliphatic heterocycles. The second-order valence-corrected chi connectivity index (χ2v) is 5.78. The quantitative estimate of drug-likeness (QED) is 0.472. The maximum atomic E-state index is 12.1. The summed E-state index contributed by atoms with van der Waals surface area (Å²) in [5.41, 5.74) is 2.01. The van der Waals surface area contributed by atoms with Crippen LogP contribution in [0.5, 0.6) is 17.2 Å². The number of anilines is 1. The summed E-state index contributed by atoms with van der Waals surface area (Å²) >= 11 is 3.16. The number of carbonyl (C=O) groups is 2. The standard InChI is InChI=1S/C15H13BrN2O8/c1-25-10-5(16)3-4(9(19)11(10)26-2)6-7(14(21)22)12(17)18-13(20)8(6)15(23)24/h3,19H,1-2H3,(H,21,22)(H,23,24)(H3,17,18,20). The van der Waals surface area contributed by atoms with Crippen molar-refractivity contribution in [2.45, 2.75) is 0 Å². The fraction of sp³-hybridized carbons (Fsp3) is 0.133. The smallest absolute Gasteiger partial charge is 0.342 e. The minimum Gasteiger partial charge on any atom is -0.504 e. The summed E-state index contributed by atoms with van der Waals surface area (Å²) in [6.07, 6.45) is 0. The van der Waals surface area contributed by atoms with Crippen molar-refractivity contribution in [1.29, 1.82) is 0 Å². The van der Waals surface area contributed by atoms with Gasteiger partial charge in [-0.3, -0.25) is 4.79 Å². The van der Waals surface area contributed by atoms with Crippen molar-refractivity contribution in [2.75, 3.05) is 20.0 Å². The number of hydrogen-bond acceptors (Lipinski definition) is 7. The number of ether oxygens (including phenoxy) is 2. The highest BCUT2D eigenvalue weighted by molar-refractivity contribution is 9.10. The maximum Gasteiger partial charge on any atom is 0.342 e. The van der Waals surface area contributed by atoms with E-state index in [1.165, 1.54) is 20.3 Å². The van der Waals surface area contributed by atoms with Crippen molar-refractivity contribution in [3.63, 3.8) is 0 Å². The summed E-state index contributed by atoms with van der Waals surface area (Å²) in [5, 5.41) is 29.3. The largest absolute Gasteiger partial charge is 0.504 e. The fourth-order valence-electron chi connectivity index (χ4n) is 2.49. The molecule has 0 amide bonds. The van der Waals surface area contributed by atoms with Crippen molar-refractivity contribution < 1.29 is 34.4 Å². The summed E-state index contributed by atoms with van der Waals surface area (Å²) in [5.74, 6) is -4.59. The van der Waals surface area contributed by atoms with Gasteiger partial charge in [0.25, 0.3) is 5.56 Å². The van der Waals surface area contributed by atoms with Crippen LogP contribution in [-0.2, 0) is 0 Å². The number of carboxylic acid groups (broad SMARTS) is 2. The first kappa shape index (κ1) is 19.1. The van der Waals surface area contributed by atoms with Crippen molar-refractivity contribution in [1.82, 2.24) is 4.98 Å². The van der Waals surface area contributed by atoms with Gasteiger partial charge >= 0.3 is 11.9 Å². The predicted molar refractivity (Wildman–Crippen MR) is 93.3 cm³/mol. The summed E-state index contributed by atoms with van der Waals surface area (Å²) in [6, 6.07) is 1.20. The molecule has 1 aromatic heterocycles. The van der Waals surface area contributed by atoms with Gasteiger partial charge < -0.3 is 35.5 Å². The zero-order chi connectivity index (χ0) is 19.8. The van der Waals surface area contributed by atoms with Crippen LogP contribution in [0.15, 0.2) is 15.3 Å². The number of phenols is 1. The number of aromatic amines is 1. The van der Waals surface area contributed by atoms with Gasteiger partial charge in [-0.25, -0.2) is 9.59 Å². The molecule has 0 fully saturated rings. The van der Waals surface area contributed by atoms with Gasteiger partial charge in [0.1, 0.15) is 16.9 Å². The topological polar surface area (TPSA) is 172 Å². The number of halogens is 1. The van der Waals surface area contributed by atoms with E-state index in [9.17, 15) is 29.7 Å². The van der Waals surface area contributed by atoms with E-state index in [1.807, 2.05) is 4.98 Å². The van der Waals surface area contributed by atoms with Crippen LogP contribution in [0.3, 0.4) is 0 Å². The third kappa shape index (κ3) is 2.92. The van der Waals surface area contributed by atoms with E-state index < -0.39 is 45.8 Å². The van der Waals surface area contributed by atoms with Gasteiger partial charge in [0.15, 0.2) is 11.5 Å². The molecule has 0 atom stereocenters. The Bertz CT molecular complexity index is 983. The highest BCUT2D eigenvalue weighted by Gasteiger charge is 2.30. The molecule has 2 rings (SSSR count). The molecule has 0 unspecified atom stereocenters. The van der Waals surface area contributed by atoms with E-state index in [-0.39, 0.29) is 21.5 Å². The lowest BCUT2D eigenvalue weighted by Crippen LogP contribution is -2.24. The van der Waals surface area contributed by atoms with Crippen molar-refractivity contribution in [3.8, 4) is 28.4 Å². The Labute approximate surface area is 153 Å². The molecule has 1 heterocycles. The molecule has 0 radical (unpaired) electrons. The molecule has 0 saturated carbocycles. The third-order valence-corrected chi connectivity index (χ3v) is 4.10. The van der Waals surface area contributed by atoms with Crippen LogP contribution < -0.4 is 20.8 Å². The fourth-order valence-corrected chi connectivity index (χ4v) is 3.06. The number of aromatic nitrogens is 1. The molecule has 1 aromatic carbocycles. The lowest BCUT2D eigenvalue weighted by atomic mass is 9.94. The third-order valence-electron chi connectivity index (χ3n) is 3.51. The number of carboxylic acids is 2. The van der Waals surface area contributed by atoms with Gasteiger partial charge in [0.2, 0.25) is 5.75 Å². The Morgan fingerprint density at radius 2 is 1.65 bits per heavy atom. The van der Waals surface area contributed by atoms with Crippen molar-refractivity contribution in [2.24, 2.45) is 0 Å². The van der Waals surface area contributed by atoms with E-state index in [4.69, 9.17) is 15.2 Å². The number of nitrogen functional groups attached to an aromatic ring is 1. The number of methoxy groups -OCH3 is 2. The van der Waals surface area contributed by atoms with Gasteiger partial charge in [0.05, 0.1) is 18.7 Å². The molecule has 6 N–H and O–H groups in total. The molecular weight excluding hydrogens is 416 g/mol. The highest BCUT2D eigenvalue weighted by Crippen LogP contribution is 2.49. The summed E-state index contributed by atoms with van der Waals surface area (Å²) in [7, 11) is 2.52. The van der Waals surface area contributed by atoms with E-state index in [0.717, 1.165) is 0 Å². The number of phenolic OH excluding ortho intramolecular Hbond substituents is 1. The lowest BCUT2D eigenvalue weighted by Gasteiger charge is -2.17. The Balaban J connectivity index is 3.11. The highest BCUT2D eigenvalue weighted by atomic mass is 79.9. The Hall–Kier alpha value is -3.21. The van der Waals surface area contributed by atoms with Crippen LogP contribution in [0.1, 0.15) is 20.7 Å². The molecule has 138 valence electrons. The van der Waals surface area contributed by atoms with Gasteiger partial charge in [0, 0.05) is 11.1 Å². The number of aromatic hydroxyl groups is 1. The molecular formula is C15H13BrN2O8. The van der Waals surface area contributed by atoms with Crippen LogP contribution in [0.4, 0.5) is 5.82 Å². The molecule has 2 aromatic rings. The van der Waals surface area contributed by atoms with Crippen LogP contribution in [0.2, 0.25) is 0 Å². The molecule has 26 heavy (non-hydrogen) atoms. The normalized spacial score (nSPS) is 10.4. The van der Waals surface area contributed by atoms with Crippen LogP contribution in [0, 0.1) is 0 Å². The molecule has 11 heteroatoms. The zero-order valence-corrected chi connectivity index (χ0v) is 15.0. The summed E-state index contributed by atoms with van der Waals surface area (Å²) < 4.78 is 10.4. The molecule has 10 nitrogen and oxygen atoms in total. The number of rotatable bonds is 5. The van der Waals surface area contributed by atoms with Gasteiger partial charge in [-0.2, -0.15) is 0 Å². The number of pyridine rings is 1. The summed E-state index contributed by atoms with van der Waals surface area (Å²) in [4.78, 5) is 37.2. The van der Waals surface area contributed by atoms with E-state index >= 15 is 0 Å². The van der Waals surface area contributed by atoms with Gasteiger partial charge in [-0.05, 0) is 22.0 Å². The van der Waals surface area contributed by atoms with Gasteiger partial charge in [-0.1, -0.05) is 0 Å². The zero-order valence-electron chi connectivity index (χ0n) is 13.4. The van der Waals surface area contributed by atoms with Crippen molar-refractivity contribution in [3.05, 3.63) is 32.0 Å². The number of hydrogen-bond donors (Lipinski definition) is 5. The molecule has 0 bridgehead atoms. The molecule has 0 aliphatic rings. The van der Waals surface area contributed by atoms with Crippen LogP contribution in [-0.4, -0.2) is 46.5 Å². The van der Waals surface area contributed by atoms with Crippen molar-refractivity contribution >= 4 is 33.7 Å². The van der Waals surface area contributed by atoms with E-state index in [1.54, 1.807) is 0 Å². The van der Waals surface area contributed by atoms with Crippen LogP contribution in [0.25, 0.3) is 11.1 Å². The predicted octanol–water partition coefficient (Wildman–Crippen LogP) is 1.51. The number of nitrogens with two attached hydrogens (primary N) is 1. The minimum atomic E-state index is -1.70. The maximum absolute atomic E-state index is 12.1. The average Bonchev–Trinajstić information content (AvgIpc) is 2.54. The van der Waals surface area contributed by atoms with E-state index in [0.29, 0.717) is 0 Å². The van der Waals surface area contributed by atoms with E-state index in [2.05, 4.69) is 15.9 Å². The first-order chi connectivity index (χ1) is 12.1. The Morgan fingerprint density at radius 3 is 2.12 bits per heavy atom. The first-order valence-electron chi connectivity index (χ1n) is 6.81. The Kier molecular flexibility index (Phi) is 5.12. The number of aromatic carboxylic acids is 2. The second-order valence-electron chi connectivity index (χ2n) is 4.92. The van der Waals surface area contributed by atoms with Gasteiger partial charge in [-0.15, -0.1) is 0 Å². The minimum absolute atomic E-state index is 0.0836. The molecule has 0 aliphatic carbocycles. The summed E-state index contributed by atoms with van der Waals surface area (Å²) in [6.45, 7) is 0. The number of benzene rings is 1. The first-order valence-corrected chi connectivity index (χ1v) is 7.61. The number of H-pyrrole nitrogens is 1. The average molecular weight is 429 g/mol. The lowest BCUT2D eigenvalue weighted by molar-refractivity contribution is 0.0695. The van der Waals surface area contributed by atoms with Crippen LogP contribution >= 0.6 is 15.9 Å². The molecule has 0 spiro atoms. The Morgan fingerprint density at radius 1 is 1.12 bits per heavy atom. The monoisotopic (exact) mass is 428 g/mol.